The fourth-order valence-corrected chi connectivity index (χ4v) is 1.09. The maximum Gasteiger partial charge on any atom is 0.311 e. The lowest BCUT2D eigenvalue weighted by molar-refractivity contribution is -0.134. The van der Waals surface area contributed by atoms with Crippen LogP contribution in [0.3, 0.4) is 0 Å². The van der Waals surface area contributed by atoms with E-state index in [0.29, 0.717) is 12.7 Å². The Hall–Kier alpha value is -1.71. The Labute approximate surface area is 86.9 Å². The number of hydrogen-bond acceptors (Lipinski definition) is 3. The maximum absolute atomic E-state index is 13.2. The van der Waals surface area contributed by atoms with E-state index in [9.17, 15) is 14.0 Å². The molecule has 1 aromatic carbocycles. The Morgan fingerprint density at radius 2 is 2.27 bits per heavy atom. The predicted molar refractivity (Wildman–Crippen MR) is 52.3 cm³/mol. The number of rotatable bonds is 4. The summed E-state index contributed by atoms with van der Waals surface area (Å²) in [5, 5.41) is 0. The molecule has 0 aromatic heterocycles. The van der Waals surface area contributed by atoms with E-state index in [2.05, 4.69) is 0 Å². The number of carbonyl (C=O) groups is 2. The van der Waals surface area contributed by atoms with Crippen LogP contribution in [0, 0.1) is 5.82 Å². The molecule has 0 amide bonds. The van der Waals surface area contributed by atoms with Gasteiger partial charge in [-0.05, 0) is 18.6 Å². The number of hydrogen-bond donors (Lipinski definition) is 0. The van der Waals surface area contributed by atoms with Gasteiger partial charge in [0.15, 0.2) is 17.9 Å². The highest BCUT2D eigenvalue weighted by atomic mass is 19.1. The number of ether oxygens (including phenoxy) is 1. The van der Waals surface area contributed by atoms with E-state index >= 15 is 0 Å². The predicted octanol–water partition coefficient (Wildman–Crippen LogP) is 2.34. The van der Waals surface area contributed by atoms with Gasteiger partial charge < -0.3 is 4.74 Å². The lowest BCUT2D eigenvalue weighted by atomic mass is 10.2. The molecule has 80 valence electrons. The van der Waals surface area contributed by atoms with Crippen LogP contribution in [0.15, 0.2) is 18.2 Å². The molecule has 1 aromatic rings. The molecule has 0 aliphatic carbocycles. The Balaban J connectivity index is 2.92. The molecule has 0 heterocycles. The zero-order chi connectivity index (χ0) is 11.3. The summed E-state index contributed by atoms with van der Waals surface area (Å²) in [4.78, 5) is 21.7. The maximum atomic E-state index is 13.2. The molecule has 0 unspecified atom stereocenters. The molecule has 1 rings (SSSR count). The van der Waals surface area contributed by atoms with Gasteiger partial charge in [-0.3, -0.25) is 9.59 Å². The van der Waals surface area contributed by atoms with Crippen LogP contribution in [0.1, 0.15) is 30.1 Å². The minimum absolute atomic E-state index is 0.0412. The van der Waals surface area contributed by atoms with Crippen LogP contribution >= 0.6 is 0 Å². The number of halogens is 1. The van der Waals surface area contributed by atoms with Gasteiger partial charge in [-0.15, -0.1) is 0 Å². The first kappa shape index (κ1) is 11.4. The van der Waals surface area contributed by atoms with Crippen molar-refractivity contribution in [2.75, 3.05) is 0 Å². The molecule has 3 nitrogen and oxygen atoms in total. The zero-order valence-corrected chi connectivity index (χ0v) is 8.33. The average Bonchev–Trinajstić information content (AvgIpc) is 2.21. The second kappa shape index (κ2) is 5.24. The molecule has 0 saturated carbocycles. The standard InChI is InChI=1S/C11H11FO3/c1-2-4-10(14)15-11-8(7-13)5-3-6-9(11)12/h3,5-7H,2,4H2,1H3. The van der Waals surface area contributed by atoms with E-state index in [0.717, 1.165) is 6.07 Å². The molecule has 0 aliphatic rings. The number of benzene rings is 1. The molecule has 0 atom stereocenters. The fourth-order valence-electron chi connectivity index (χ4n) is 1.09. The van der Waals surface area contributed by atoms with Crippen LogP contribution in [0.4, 0.5) is 4.39 Å². The first-order chi connectivity index (χ1) is 7.19. The van der Waals surface area contributed by atoms with Crippen molar-refractivity contribution in [2.24, 2.45) is 0 Å². The number of carbonyl (C=O) groups excluding carboxylic acids is 2. The molecule has 0 radical (unpaired) electrons. The average molecular weight is 210 g/mol. The number of esters is 1. The lowest BCUT2D eigenvalue weighted by Gasteiger charge is -2.06. The molecule has 15 heavy (non-hydrogen) atoms. The van der Waals surface area contributed by atoms with Gasteiger partial charge in [0.05, 0.1) is 5.56 Å². The van der Waals surface area contributed by atoms with Gasteiger partial charge in [0.25, 0.3) is 0 Å². The summed E-state index contributed by atoms with van der Waals surface area (Å²) >= 11 is 0. The van der Waals surface area contributed by atoms with Gasteiger partial charge in [0.2, 0.25) is 0 Å². The molecule has 0 aliphatic heterocycles. The third kappa shape index (κ3) is 2.87. The van der Waals surface area contributed by atoms with Crippen molar-refractivity contribution in [1.29, 1.82) is 0 Å². The molecule has 0 saturated heterocycles. The van der Waals surface area contributed by atoms with Crippen molar-refractivity contribution in [3.63, 3.8) is 0 Å². The molecule has 0 spiro atoms. The summed E-state index contributed by atoms with van der Waals surface area (Å²) in [5.74, 6) is -1.53. The highest BCUT2D eigenvalue weighted by Gasteiger charge is 2.12. The van der Waals surface area contributed by atoms with Crippen LogP contribution in [0.2, 0.25) is 0 Å². The Kier molecular flexibility index (Phi) is 3.97. The Morgan fingerprint density at radius 1 is 1.53 bits per heavy atom. The summed E-state index contributed by atoms with van der Waals surface area (Å²) < 4.78 is 18.0. The lowest BCUT2D eigenvalue weighted by Crippen LogP contribution is -2.09. The smallest absolute Gasteiger partial charge is 0.311 e. The van der Waals surface area contributed by atoms with Gasteiger partial charge in [-0.25, -0.2) is 4.39 Å². The van der Waals surface area contributed by atoms with Crippen LogP contribution < -0.4 is 4.74 Å². The van der Waals surface area contributed by atoms with Crippen molar-refractivity contribution in [1.82, 2.24) is 0 Å². The van der Waals surface area contributed by atoms with Gasteiger partial charge in [0.1, 0.15) is 0 Å². The molecule has 0 bridgehead atoms. The fraction of sp³-hybridized carbons (Fsp3) is 0.273. The topological polar surface area (TPSA) is 43.4 Å². The molecule has 0 N–H and O–H groups in total. The van der Waals surface area contributed by atoms with Gasteiger partial charge >= 0.3 is 5.97 Å². The van der Waals surface area contributed by atoms with E-state index in [1.165, 1.54) is 12.1 Å². The second-order valence-corrected chi connectivity index (χ2v) is 3.00. The molecule has 4 heteroatoms. The van der Waals surface area contributed by atoms with Gasteiger partial charge in [0, 0.05) is 6.42 Å². The quantitative estimate of drug-likeness (QED) is 0.435. The summed E-state index contributed by atoms with van der Waals surface area (Å²) in [7, 11) is 0. The van der Waals surface area contributed by atoms with Crippen molar-refractivity contribution >= 4 is 12.3 Å². The van der Waals surface area contributed by atoms with Crippen molar-refractivity contribution in [3.8, 4) is 5.75 Å². The third-order valence-electron chi connectivity index (χ3n) is 1.79. The summed E-state index contributed by atoms with van der Waals surface area (Å²) in [6, 6.07) is 3.92. The first-order valence-corrected chi connectivity index (χ1v) is 4.63. The van der Waals surface area contributed by atoms with Crippen LogP contribution in [-0.2, 0) is 4.79 Å². The SMILES string of the molecule is CCCC(=O)Oc1c(F)cccc1C=O. The first-order valence-electron chi connectivity index (χ1n) is 4.63. The minimum atomic E-state index is -0.705. The van der Waals surface area contributed by atoms with E-state index in [1.807, 2.05) is 6.92 Å². The number of para-hydroxylation sites is 1. The minimum Gasteiger partial charge on any atom is -0.423 e. The molecular weight excluding hydrogens is 199 g/mol. The van der Waals surface area contributed by atoms with Gasteiger partial charge in [-0.1, -0.05) is 13.0 Å². The van der Waals surface area contributed by atoms with Crippen molar-refractivity contribution in [2.45, 2.75) is 19.8 Å². The summed E-state index contributed by atoms with van der Waals surface area (Å²) in [6.07, 6.45) is 1.27. The van der Waals surface area contributed by atoms with E-state index in [1.54, 1.807) is 0 Å². The second-order valence-electron chi connectivity index (χ2n) is 3.00. The largest absolute Gasteiger partial charge is 0.423 e. The summed E-state index contributed by atoms with van der Waals surface area (Å²) in [5.41, 5.74) is 0.0412. The van der Waals surface area contributed by atoms with E-state index < -0.39 is 11.8 Å². The van der Waals surface area contributed by atoms with Crippen molar-refractivity contribution < 1.29 is 18.7 Å². The highest BCUT2D eigenvalue weighted by Crippen LogP contribution is 2.21. The van der Waals surface area contributed by atoms with Crippen LogP contribution in [0.25, 0.3) is 0 Å². The van der Waals surface area contributed by atoms with Crippen molar-refractivity contribution in [3.05, 3.63) is 29.6 Å². The summed E-state index contributed by atoms with van der Waals surface area (Å²) in [6.45, 7) is 1.81. The molecular formula is C11H11FO3. The van der Waals surface area contributed by atoms with Crippen LogP contribution in [0.5, 0.6) is 5.75 Å². The third-order valence-corrected chi connectivity index (χ3v) is 1.79. The highest BCUT2D eigenvalue weighted by molar-refractivity contribution is 5.82. The van der Waals surface area contributed by atoms with Crippen LogP contribution in [-0.4, -0.2) is 12.3 Å². The monoisotopic (exact) mass is 210 g/mol. The number of aldehydes is 1. The van der Waals surface area contributed by atoms with E-state index in [4.69, 9.17) is 4.74 Å². The Bertz CT molecular complexity index is 374. The van der Waals surface area contributed by atoms with Gasteiger partial charge in [-0.2, -0.15) is 0 Å². The van der Waals surface area contributed by atoms with E-state index in [-0.39, 0.29) is 17.7 Å². The molecule has 0 fully saturated rings. The Morgan fingerprint density at radius 3 is 2.87 bits per heavy atom. The normalized spacial score (nSPS) is 9.73. The zero-order valence-electron chi connectivity index (χ0n) is 8.33.